The van der Waals surface area contributed by atoms with E-state index in [4.69, 9.17) is 9.26 Å². The molecule has 31 heavy (non-hydrogen) atoms. The lowest BCUT2D eigenvalue weighted by atomic mass is 10.1. The number of anilines is 2. The molecule has 0 aliphatic carbocycles. The Morgan fingerprint density at radius 1 is 1.13 bits per heavy atom. The highest BCUT2D eigenvalue weighted by atomic mass is 16.5. The maximum atomic E-state index is 12.9. The zero-order valence-corrected chi connectivity index (χ0v) is 17.6. The molecule has 0 aromatic carbocycles. The normalized spacial score (nSPS) is 14.9. The molecule has 1 aliphatic rings. The quantitative estimate of drug-likeness (QED) is 0.535. The summed E-state index contributed by atoms with van der Waals surface area (Å²) < 4.78 is 14.0. The van der Waals surface area contributed by atoms with Crippen molar-refractivity contribution in [3.8, 4) is 11.3 Å². The first kappa shape index (κ1) is 19.4. The first-order valence-electron chi connectivity index (χ1n) is 10.2. The predicted octanol–water partition coefficient (Wildman–Crippen LogP) is 2.89. The van der Waals surface area contributed by atoms with E-state index in [1.807, 2.05) is 19.9 Å². The zero-order chi connectivity index (χ0) is 21.5. The monoisotopic (exact) mass is 421 g/mol. The molecule has 4 aromatic heterocycles. The van der Waals surface area contributed by atoms with Crippen LogP contribution < -0.4 is 11.0 Å². The third-order valence-electron chi connectivity index (χ3n) is 5.77. The first-order valence-corrected chi connectivity index (χ1v) is 10.2. The molecule has 1 aliphatic heterocycles. The Hall–Kier alpha value is -3.53. The summed E-state index contributed by atoms with van der Waals surface area (Å²) in [7, 11) is 1.75. The van der Waals surface area contributed by atoms with E-state index in [9.17, 15) is 4.79 Å². The summed E-state index contributed by atoms with van der Waals surface area (Å²) in [4.78, 5) is 26.5. The average molecular weight is 421 g/mol. The Balaban J connectivity index is 1.50. The van der Waals surface area contributed by atoms with Crippen molar-refractivity contribution in [3.63, 3.8) is 0 Å². The number of fused-ring (bicyclic) bond motifs is 1. The van der Waals surface area contributed by atoms with Gasteiger partial charge in [0, 0.05) is 26.3 Å². The van der Waals surface area contributed by atoms with Crippen LogP contribution in [0, 0.1) is 13.8 Å². The number of hydrogen-bond acceptors (Lipinski definition) is 8. The van der Waals surface area contributed by atoms with Crippen LogP contribution in [0.5, 0.6) is 0 Å². The Morgan fingerprint density at radius 2 is 1.94 bits per heavy atom. The summed E-state index contributed by atoms with van der Waals surface area (Å²) >= 11 is 0. The minimum atomic E-state index is -0.0837. The largest absolute Gasteiger partial charge is 0.381 e. The van der Waals surface area contributed by atoms with E-state index in [0.717, 1.165) is 41.1 Å². The number of aromatic nitrogens is 6. The molecule has 1 saturated heterocycles. The highest BCUT2D eigenvalue weighted by Gasteiger charge is 2.23. The van der Waals surface area contributed by atoms with Gasteiger partial charge in [0.25, 0.3) is 0 Å². The molecule has 10 nitrogen and oxygen atoms in total. The number of pyridine rings is 1. The summed E-state index contributed by atoms with van der Waals surface area (Å²) in [6.45, 7) is 5.13. The molecular weight excluding hydrogens is 398 g/mol. The van der Waals surface area contributed by atoms with Crippen molar-refractivity contribution in [2.75, 3.05) is 18.5 Å². The lowest BCUT2D eigenvalue weighted by molar-refractivity contribution is 0.0695. The van der Waals surface area contributed by atoms with Crippen LogP contribution in [0.1, 0.15) is 30.2 Å². The third-order valence-corrected chi connectivity index (χ3v) is 5.77. The highest BCUT2D eigenvalue weighted by Crippen LogP contribution is 2.27. The molecule has 0 unspecified atom stereocenters. The molecule has 0 spiro atoms. The van der Waals surface area contributed by atoms with Crippen LogP contribution in [-0.2, 0) is 11.8 Å². The van der Waals surface area contributed by atoms with Gasteiger partial charge in [-0.15, -0.1) is 0 Å². The molecule has 0 saturated carbocycles. The number of rotatable bonds is 4. The van der Waals surface area contributed by atoms with Gasteiger partial charge in [-0.1, -0.05) is 5.16 Å². The van der Waals surface area contributed by atoms with Crippen LogP contribution >= 0.6 is 0 Å². The number of nitrogens with one attached hydrogen (secondary N) is 1. The Bertz CT molecular complexity index is 1310. The van der Waals surface area contributed by atoms with Crippen molar-refractivity contribution in [3.05, 3.63) is 46.5 Å². The van der Waals surface area contributed by atoms with Crippen LogP contribution in [0.4, 0.5) is 11.6 Å². The molecule has 0 bridgehead atoms. The number of imidazole rings is 1. The summed E-state index contributed by atoms with van der Waals surface area (Å²) in [5, 5.41) is 7.05. The van der Waals surface area contributed by atoms with E-state index in [2.05, 4.69) is 25.4 Å². The minimum Gasteiger partial charge on any atom is -0.381 e. The number of nitrogens with zero attached hydrogens (tertiary/aromatic N) is 6. The van der Waals surface area contributed by atoms with Crippen molar-refractivity contribution >= 4 is 22.8 Å². The van der Waals surface area contributed by atoms with Gasteiger partial charge in [0.05, 0.1) is 35.5 Å². The lowest BCUT2D eigenvalue weighted by Crippen LogP contribution is -2.30. The summed E-state index contributed by atoms with van der Waals surface area (Å²) in [5.41, 5.74) is 4.65. The second-order valence-corrected chi connectivity index (χ2v) is 7.76. The van der Waals surface area contributed by atoms with Gasteiger partial charge in [-0.25, -0.2) is 9.78 Å². The van der Waals surface area contributed by atoms with E-state index in [0.29, 0.717) is 30.3 Å². The molecule has 0 radical (unpaired) electrons. The van der Waals surface area contributed by atoms with Crippen molar-refractivity contribution in [2.45, 2.75) is 32.7 Å². The molecule has 1 fully saturated rings. The standard InChI is InChI=1S/C21H23N7O3/c1-12-8-16(15-9-24-31-13(15)2)22-10-17(12)25-20-23-11-18-19(26-20)28(21(29)27(18)3)14-4-6-30-7-5-14/h8-11,14H,4-7H2,1-3H3,(H,23,25,26). The van der Waals surface area contributed by atoms with E-state index < -0.39 is 0 Å². The molecule has 0 amide bonds. The lowest BCUT2D eigenvalue weighted by Gasteiger charge is -2.22. The van der Waals surface area contributed by atoms with Crippen molar-refractivity contribution in [1.29, 1.82) is 0 Å². The first-order chi connectivity index (χ1) is 15.0. The molecule has 10 heteroatoms. The fourth-order valence-electron chi connectivity index (χ4n) is 3.97. The fraction of sp³-hybridized carbons (Fsp3) is 0.381. The van der Waals surface area contributed by atoms with Crippen molar-refractivity contribution in [2.24, 2.45) is 7.05 Å². The summed E-state index contributed by atoms with van der Waals surface area (Å²) in [5.74, 6) is 1.13. The fourth-order valence-corrected chi connectivity index (χ4v) is 3.97. The van der Waals surface area contributed by atoms with Crippen LogP contribution in [0.2, 0.25) is 0 Å². The predicted molar refractivity (Wildman–Crippen MR) is 114 cm³/mol. The van der Waals surface area contributed by atoms with Crippen molar-refractivity contribution in [1.82, 2.24) is 29.2 Å². The number of hydrogen-bond donors (Lipinski definition) is 1. The summed E-state index contributed by atoms with van der Waals surface area (Å²) in [6, 6.07) is 2.03. The molecule has 5 rings (SSSR count). The topological polar surface area (TPSA) is 113 Å². The molecule has 160 valence electrons. The van der Waals surface area contributed by atoms with Gasteiger partial charge in [0.1, 0.15) is 11.3 Å². The smallest absolute Gasteiger partial charge is 0.330 e. The second-order valence-electron chi connectivity index (χ2n) is 7.76. The van der Waals surface area contributed by atoms with Crippen LogP contribution in [0.25, 0.3) is 22.4 Å². The van der Waals surface area contributed by atoms with E-state index in [-0.39, 0.29) is 11.7 Å². The van der Waals surface area contributed by atoms with Gasteiger partial charge < -0.3 is 14.6 Å². The van der Waals surface area contributed by atoms with Gasteiger partial charge in [-0.05, 0) is 38.3 Å². The summed E-state index contributed by atoms with van der Waals surface area (Å²) in [6.07, 6.45) is 6.66. The zero-order valence-electron chi connectivity index (χ0n) is 17.6. The van der Waals surface area contributed by atoms with Crippen LogP contribution in [0.3, 0.4) is 0 Å². The second kappa shape index (κ2) is 7.62. The molecular formula is C21H23N7O3. The van der Waals surface area contributed by atoms with Gasteiger partial charge in [0.2, 0.25) is 5.95 Å². The molecule has 1 N–H and O–H groups in total. The van der Waals surface area contributed by atoms with Crippen molar-refractivity contribution < 1.29 is 9.26 Å². The SMILES string of the molecule is Cc1cc(-c2cnoc2C)ncc1Nc1ncc2c(n1)n(C1CCOCC1)c(=O)n2C. The van der Waals surface area contributed by atoms with E-state index >= 15 is 0 Å². The maximum Gasteiger partial charge on any atom is 0.330 e. The Kier molecular flexibility index (Phi) is 4.78. The van der Waals surface area contributed by atoms with Gasteiger partial charge in [-0.3, -0.25) is 14.1 Å². The number of aryl methyl sites for hydroxylation is 3. The van der Waals surface area contributed by atoms with Gasteiger partial charge in [0.15, 0.2) is 5.65 Å². The number of ether oxygens (including phenoxy) is 1. The maximum absolute atomic E-state index is 12.9. The van der Waals surface area contributed by atoms with Gasteiger partial charge in [-0.2, -0.15) is 4.98 Å². The van der Waals surface area contributed by atoms with Gasteiger partial charge >= 0.3 is 5.69 Å². The Morgan fingerprint density at radius 3 is 2.65 bits per heavy atom. The van der Waals surface area contributed by atoms with E-state index in [1.54, 1.807) is 34.8 Å². The van der Waals surface area contributed by atoms with Crippen LogP contribution in [-0.4, -0.2) is 42.5 Å². The Labute approximate surface area is 177 Å². The minimum absolute atomic E-state index is 0.0715. The molecule has 5 heterocycles. The van der Waals surface area contributed by atoms with E-state index in [1.165, 1.54) is 0 Å². The third kappa shape index (κ3) is 3.38. The van der Waals surface area contributed by atoms with Crippen LogP contribution in [0.15, 0.2) is 34.0 Å². The average Bonchev–Trinajstić information content (AvgIpc) is 3.31. The molecule has 0 atom stereocenters. The molecule has 4 aromatic rings. The highest BCUT2D eigenvalue weighted by molar-refractivity contribution is 5.73.